The number of carbonyl (C=O) groups excluding carboxylic acids is 4. The second-order valence-corrected chi connectivity index (χ2v) is 19.4. The van der Waals surface area contributed by atoms with Crippen molar-refractivity contribution >= 4 is 23.9 Å². The van der Waals surface area contributed by atoms with Gasteiger partial charge in [-0.25, -0.2) is 0 Å². The Kier molecular flexibility index (Phi) is 16.3. The van der Waals surface area contributed by atoms with E-state index in [1.165, 1.54) is 22.3 Å². The molecule has 1 aliphatic heterocycles. The molecule has 0 amide bonds. The van der Waals surface area contributed by atoms with E-state index in [0.29, 0.717) is 52.4 Å². The molecule has 0 unspecified atom stereocenters. The highest BCUT2D eigenvalue weighted by Gasteiger charge is 2.30. The van der Waals surface area contributed by atoms with E-state index in [9.17, 15) is 19.2 Å². The number of rotatable bonds is 12. The number of esters is 4. The lowest BCUT2D eigenvalue weighted by molar-refractivity contribution is -0.154. The molecule has 0 N–H and O–H groups in total. The first-order valence-corrected chi connectivity index (χ1v) is 25.3. The number of hydrogen-bond donors (Lipinski definition) is 0. The molecule has 4 aromatic rings. The number of carbonyl (C=O) groups is 4. The van der Waals surface area contributed by atoms with Crippen molar-refractivity contribution in [1.29, 1.82) is 0 Å². The van der Waals surface area contributed by atoms with Gasteiger partial charge in [-0.15, -0.1) is 0 Å². The van der Waals surface area contributed by atoms with Gasteiger partial charge in [-0.05, 0) is 122 Å². The second kappa shape index (κ2) is 23.3. The van der Waals surface area contributed by atoms with Crippen molar-refractivity contribution in [1.82, 2.24) is 19.6 Å². The van der Waals surface area contributed by atoms with Gasteiger partial charge in [0, 0.05) is 52.4 Å². The SMILES string of the molecule is O=C(CN1CCN(CC(=O)O[C@@H]2CCCc3ccccc32)CCN(CC(=O)O[C@@H]2CCCc3ccccc32)CCN(CC(=O)O[C@@H]2CCCc3ccccc32)CC1)O[C@@H]1CCCc2ccccc21. The Labute approximate surface area is 401 Å². The van der Waals surface area contributed by atoms with E-state index in [0.717, 1.165) is 99.3 Å². The van der Waals surface area contributed by atoms with Crippen molar-refractivity contribution in [3.8, 4) is 0 Å². The molecule has 0 bridgehead atoms. The van der Waals surface area contributed by atoms with Crippen molar-refractivity contribution in [2.24, 2.45) is 0 Å². The molecular weight excluding hydrogens is 857 g/mol. The summed E-state index contributed by atoms with van der Waals surface area (Å²) in [6, 6.07) is 32.9. The molecule has 4 aliphatic carbocycles. The van der Waals surface area contributed by atoms with Crippen LogP contribution in [0.1, 0.15) is 120 Å². The van der Waals surface area contributed by atoms with Gasteiger partial charge in [-0.1, -0.05) is 97.1 Å². The Bertz CT molecular complexity index is 2030. The summed E-state index contributed by atoms with van der Waals surface area (Å²) in [5.74, 6) is -1.19. The summed E-state index contributed by atoms with van der Waals surface area (Å²) in [6.07, 6.45) is 9.66. The molecule has 1 saturated heterocycles. The van der Waals surface area contributed by atoms with E-state index < -0.39 is 0 Å². The highest BCUT2D eigenvalue weighted by molar-refractivity contribution is 5.74. The van der Waals surface area contributed by atoms with Crippen LogP contribution in [-0.2, 0) is 63.8 Å². The Balaban J connectivity index is 0.921. The van der Waals surface area contributed by atoms with Gasteiger partial charge in [-0.3, -0.25) is 38.8 Å². The van der Waals surface area contributed by atoms with Gasteiger partial charge in [0.05, 0.1) is 26.2 Å². The van der Waals surface area contributed by atoms with E-state index in [2.05, 4.69) is 68.1 Å². The fraction of sp³-hybridized carbons (Fsp3) is 0.500. The van der Waals surface area contributed by atoms with Crippen LogP contribution in [0.4, 0.5) is 0 Å². The molecular formula is C56H68N4O8. The van der Waals surface area contributed by atoms with Gasteiger partial charge in [0.25, 0.3) is 0 Å². The third-order valence-corrected chi connectivity index (χ3v) is 14.7. The maximum Gasteiger partial charge on any atom is 0.320 e. The summed E-state index contributed by atoms with van der Waals surface area (Å²) in [5.41, 5.74) is 9.21. The Hall–Kier alpha value is -5.40. The van der Waals surface area contributed by atoms with Crippen LogP contribution in [0.2, 0.25) is 0 Å². The lowest BCUT2D eigenvalue weighted by atomic mass is 9.89. The predicted molar refractivity (Wildman–Crippen MR) is 259 cm³/mol. The topological polar surface area (TPSA) is 118 Å². The second-order valence-electron chi connectivity index (χ2n) is 19.4. The minimum atomic E-state index is -0.298. The average Bonchev–Trinajstić information content (AvgIpc) is 3.35. The summed E-state index contributed by atoms with van der Waals surface area (Å²) in [6.45, 7) is 4.01. The fourth-order valence-corrected chi connectivity index (χ4v) is 11.1. The van der Waals surface area contributed by atoms with Crippen molar-refractivity contribution in [3.63, 3.8) is 0 Å². The molecule has 4 atom stereocenters. The van der Waals surface area contributed by atoms with Crippen LogP contribution in [0.25, 0.3) is 0 Å². The zero-order valence-electron chi connectivity index (χ0n) is 39.6. The van der Waals surface area contributed by atoms with Gasteiger partial charge >= 0.3 is 23.9 Å². The van der Waals surface area contributed by atoms with Crippen LogP contribution >= 0.6 is 0 Å². The van der Waals surface area contributed by atoms with Gasteiger partial charge in [-0.2, -0.15) is 0 Å². The number of benzene rings is 4. The minimum absolute atomic E-state index is 0.0647. The normalized spacial score (nSPS) is 22.9. The summed E-state index contributed by atoms with van der Waals surface area (Å²) >= 11 is 0. The van der Waals surface area contributed by atoms with Crippen molar-refractivity contribution in [2.75, 3.05) is 78.5 Å². The highest BCUT2D eigenvalue weighted by atomic mass is 16.6. The Morgan fingerprint density at radius 1 is 0.338 bits per heavy atom. The van der Waals surface area contributed by atoms with E-state index >= 15 is 0 Å². The monoisotopic (exact) mass is 925 g/mol. The van der Waals surface area contributed by atoms with Crippen LogP contribution < -0.4 is 0 Å². The van der Waals surface area contributed by atoms with Gasteiger partial charge in [0.15, 0.2) is 0 Å². The number of nitrogens with zero attached hydrogens (tertiary/aromatic N) is 4. The molecule has 360 valence electrons. The molecule has 1 heterocycles. The summed E-state index contributed by atoms with van der Waals surface area (Å²) < 4.78 is 24.9. The largest absolute Gasteiger partial charge is 0.457 e. The van der Waals surface area contributed by atoms with E-state index in [1.54, 1.807) is 0 Å². The van der Waals surface area contributed by atoms with Crippen LogP contribution in [0.3, 0.4) is 0 Å². The van der Waals surface area contributed by atoms with Gasteiger partial charge in [0.2, 0.25) is 0 Å². The molecule has 4 aromatic carbocycles. The highest BCUT2D eigenvalue weighted by Crippen LogP contribution is 2.36. The summed E-state index contributed by atoms with van der Waals surface area (Å²) in [5, 5.41) is 0. The van der Waals surface area contributed by atoms with E-state index in [1.807, 2.05) is 48.5 Å². The van der Waals surface area contributed by atoms with Crippen LogP contribution in [0, 0.1) is 0 Å². The van der Waals surface area contributed by atoms with Crippen molar-refractivity contribution in [3.05, 3.63) is 142 Å². The molecule has 9 rings (SSSR count). The lowest BCUT2D eigenvalue weighted by Gasteiger charge is -2.34. The smallest absolute Gasteiger partial charge is 0.320 e. The first kappa shape index (κ1) is 47.7. The third-order valence-electron chi connectivity index (χ3n) is 14.7. The summed E-state index contributed by atoms with van der Waals surface area (Å²) in [7, 11) is 0. The number of fused-ring (bicyclic) bond motifs is 4. The number of aryl methyl sites for hydroxylation is 4. The molecule has 0 radical (unpaired) electrons. The molecule has 68 heavy (non-hydrogen) atoms. The van der Waals surface area contributed by atoms with Gasteiger partial charge in [0.1, 0.15) is 24.4 Å². The first-order chi connectivity index (χ1) is 33.3. The van der Waals surface area contributed by atoms with Crippen molar-refractivity contribution in [2.45, 2.75) is 101 Å². The van der Waals surface area contributed by atoms with Crippen LogP contribution in [0.15, 0.2) is 97.1 Å². The predicted octanol–water partition coefficient (Wildman–Crippen LogP) is 7.69. The fourth-order valence-electron chi connectivity index (χ4n) is 11.1. The van der Waals surface area contributed by atoms with Crippen LogP contribution in [-0.4, -0.2) is 122 Å². The summed E-state index contributed by atoms with van der Waals surface area (Å²) in [4.78, 5) is 63.9. The zero-order valence-corrected chi connectivity index (χ0v) is 39.6. The molecule has 1 fully saturated rings. The molecule has 0 saturated carbocycles. The molecule has 12 heteroatoms. The lowest BCUT2D eigenvalue weighted by Crippen LogP contribution is -2.49. The number of hydrogen-bond acceptors (Lipinski definition) is 12. The Morgan fingerprint density at radius 2 is 0.544 bits per heavy atom. The van der Waals surface area contributed by atoms with Crippen LogP contribution in [0.5, 0.6) is 0 Å². The van der Waals surface area contributed by atoms with Gasteiger partial charge < -0.3 is 18.9 Å². The third kappa shape index (κ3) is 12.6. The minimum Gasteiger partial charge on any atom is -0.457 e. The zero-order chi connectivity index (χ0) is 46.7. The maximum atomic E-state index is 13.9. The molecule has 12 nitrogen and oxygen atoms in total. The van der Waals surface area contributed by atoms with Crippen molar-refractivity contribution < 1.29 is 38.1 Å². The number of ether oxygens (including phenoxy) is 4. The standard InChI is InChI=1S/C56H68N4O8/c61-53(65-49-25-9-17-41-13-1-5-21-45(41)49)37-57-29-31-58(38-54(62)66-50-26-10-18-42-14-2-6-22-46(42)50)33-35-60(40-56(64)68-52-28-12-20-44-16-4-8-24-48(44)52)36-34-59(32-30-57)39-55(63)67-51-27-11-19-43-15-3-7-23-47(43)51/h1-8,13-16,21-24,49-52H,9-12,17-20,25-40H2/t49-,50-,51-,52-/m1/s1. The molecule has 5 aliphatic rings. The molecule has 0 aromatic heterocycles. The average molecular weight is 925 g/mol. The quantitative estimate of drug-likeness (QED) is 0.102. The molecule has 0 spiro atoms. The van der Waals surface area contributed by atoms with E-state index in [4.69, 9.17) is 18.9 Å². The maximum absolute atomic E-state index is 13.9. The Morgan fingerprint density at radius 3 is 0.765 bits per heavy atom. The van der Waals surface area contributed by atoms with E-state index in [-0.39, 0.29) is 74.5 Å². The first-order valence-electron chi connectivity index (χ1n) is 25.3.